The molecule has 2 aromatic carbocycles. The van der Waals surface area contributed by atoms with E-state index >= 15 is 0 Å². The van der Waals surface area contributed by atoms with E-state index in [-0.39, 0.29) is 23.0 Å². The summed E-state index contributed by atoms with van der Waals surface area (Å²) in [4.78, 5) is 20.2. The molecule has 38 heavy (non-hydrogen) atoms. The lowest BCUT2D eigenvalue weighted by Gasteiger charge is -2.23. The normalized spacial score (nSPS) is 19.9. The van der Waals surface area contributed by atoms with Crippen LogP contribution in [0.15, 0.2) is 41.3 Å². The summed E-state index contributed by atoms with van der Waals surface area (Å²) in [5, 5.41) is 0.996. The number of benzene rings is 2. The Morgan fingerprint density at radius 2 is 1.74 bits per heavy atom. The van der Waals surface area contributed by atoms with Crippen molar-refractivity contribution in [3.8, 4) is 5.75 Å². The number of likely N-dealkylation sites (N-methyl/N-ethyl adjacent to an activating group) is 1. The molecule has 1 aromatic heterocycles. The number of halogens is 1. The second-order valence-electron chi connectivity index (χ2n) is 9.42. The molecule has 204 valence electrons. The third-order valence-corrected chi connectivity index (χ3v) is 10.2. The van der Waals surface area contributed by atoms with E-state index in [0.717, 1.165) is 30.4 Å². The molecule has 2 saturated heterocycles. The average molecular weight is 580 g/mol. The van der Waals surface area contributed by atoms with Crippen molar-refractivity contribution in [2.75, 3.05) is 45.4 Å². The highest BCUT2D eigenvalue weighted by molar-refractivity contribution is 7.89. The molecular weight excluding hydrogens is 550 g/mol. The standard InChI is InChI=1S/C26H30ClN3O6S2/c1-29(15-18-5-3-13-35-18)38(32,33)20-9-7-17(8-10-20)25(31)30(16-19-6-4-14-36-19)26-28-23-22(34-2)12-11-21(27)24(23)37-26/h7-12,18-19H,3-6,13-16H2,1-2H3. The molecule has 3 aromatic rings. The van der Waals surface area contributed by atoms with E-state index in [2.05, 4.69) is 0 Å². The molecular formula is C26H30ClN3O6S2. The van der Waals surface area contributed by atoms with Gasteiger partial charge in [-0.2, -0.15) is 4.31 Å². The van der Waals surface area contributed by atoms with Crippen molar-refractivity contribution in [3.05, 3.63) is 47.0 Å². The average Bonchev–Trinajstić information content (AvgIpc) is 3.70. The Hall–Kier alpha value is -2.28. The van der Waals surface area contributed by atoms with E-state index in [4.69, 9.17) is 30.8 Å². The van der Waals surface area contributed by atoms with Gasteiger partial charge in [-0.1, -0.05) is 22.9 Å². The first-order valence-corrected chi connectivity index (χ1v) is 15.2. The fourth-order valence-electron chi connectivity index (χ4n) is 4.74. The summed E-state index contributed by atoms with van der Waals surface area (Å²) in [6.45, 7) is 1.92. The Balaban J connectivity index is 1.42. The van der Waals surface area contributed by atoms with Gasteiger partial charge in [-0.05, 0) is 62.1 Å². The molecule has 2 unspecified atom stereocenters. The number of aromatic nitrogens is 1. The van der Waals surface area contributed by atoms with Crippen molar-refractivity contribution in [2.24, 2.45) is 0 Å². The largest absolute Gasteiger partial charge is 0.494 e. The summed E-state index contributed by atoms with van der Waals surface area (Å²) in [6.07, 6.45) is 3.34. The first-order chi connectivity index (χ1) is 18.3. The molecule has 3 heterocycles. The van der Waals surface area contributed by atoms with Crippen LogP contribution in [0.2, 0.25) is 5.02 Å². The number of thiazole rings is 1. The second-order valence-corrected chi connectivity index (χ2v) is 12.8. The molecule has 5 rings (SSSR count). The predicted octanol–water partition coefficient (Wildman–Crippen LogP) is 4.58. The van der Waals surface area contributed by atoms with Crippen molar-refractivity contribution in [2.45, 2.75) is 42.8 Å². The Morgan fingerprint density at radius 1 is 1.08 bits per heavy atom. The van der Waals surface area contributed by atoms with Crippen molar-refractivity contribution >= 4 is 54.2 Å². The maximum absolute atomic E-state index is 13.8. The molecule has 0 radical (unpaired) electrons. The highest BCUT2D eigenvalue weighted by atomic mass is 35.5. The van der Waals surface area contributed by atoms with Crippen molar-refractivity contribution in [1.29, 1.82) is 0 Å². The first kappa shape index (κ1) is 27.3. The molecule has 0 N–H and O–H groups in total. The number of carbonyl (C=O) groups is 1. The quantitative estimate of drug-likeness (QED) is 0.366. The summed E-state index contributed by atoms with van der Waals surface area (Å²) >= 11 is 7.73. The van der Waals surface area contributed by atoms with E-state index in [0.29, 0.717) is 53.3 Å². The molecule has 1 amide bonds. The fraction of sp³-hybridized carbons (Fsp3) is 0.462. The lowest BCUT2D eigenvalue weighted by Crippen LogP contribution is -2.37. The van der Waals surface area contributed by atoms with Gasteiger partial charge in [0.15, 0.2) is 5.13 Å². The Morgan fingerprint density at radius 3 is 2.34 bits per heavy atom. The minimum atomic E-state index is -3.72. The molecule has 12 heteroatoms. The van der Waals surface area contributed by atoms with Gasteiger partial charge in [0.1, 0.15) is 11.3 Å². The molecule has 2 aliphatic rings. The number of fused-ring (bicyclic) bond motifs is 1. The SMILES string of the molecule is COc1ccc(Cl)c2sc(N(CC3CCCO3)C(=O)c3ccc(S(=O)(=O)N(C)CC4CCCO4)cc3)nc12. The van der Waals surface area contributed by atoms with E-state index in [1.165, 1.54) is 27.8 Å². The predicted molar refractivity (Wildman–Crippen MR) is 147 cm³/mol. The number of hydrogen-bond donors (Lipinski definition) is 0. The summed E-state index contributed by atoms with van der Waals surface area (Å²) < 4.78 is 45.1. The first-order valence-electron chi connectivity index (χ1n) is 12.5. The molecule has 9 nitrogen and oxygen atoms in total. The van der Waals surface area contributed by atoms with Crippen LogP contribution in [0.5, 0.6) is 5.75 Å². The molecule has 2 atom stereocenters. The summed E-state index contributed by atoms with van der Waals surface area (Å²) in [5.74, 6) is 0.268. The number of nitrogens with zero attached hydrogens (tertiary/aromatic N) is 3. The number of anilines is 1. The number of rotatable bonds is 9. The van der Waals surface area contributed by atoms with Gasteiger partial charge < -0.3 is 14.2 Å². The molecule has 2 fully saturated rings. The van der Waals surface area contributed by atoms with Gasteiger partial charge in [0.05, 0.1) is 40.5 Å². The van der Waals surface area contributed by atoms with Crippen LogP contribution in [-0.4, -0.2) is 76.3 Å². The third-order valence-electron chi connectivity index (χ3n) is 6.85. The highest BCUT2D eigenvalue weighted by Crippen LogP contribution is 2.39. The second kappa shape index (κ2) is 11.4. The number of hydrogen-bond acceptors (Lipinski definition) is 8. The summed E-state index contributed by atoms with van der Waals surface area (Å²) in [7, 11) is -0.612. The van der Waals surface area contributed by atoms with Crippen molar-refractivity contribution < 1.29 is 27.4 Å². The fourth-order valence-corrected chi connectivity index (χ4v) is 7.21. The maximum Gasteiger partial charge on any atom is 0.260 e. The van der Waals surface area contributed by atoms with Gasteiger partial charge in [0.2, 0.25) is 10.0 Å². The summed E-state index contributed by atoms with van der Waals surface area (Å²) in [6, 6.07) is 9.51. The Kier molecular flexibility index (Phi) is 8.22. The van der Waals surface area contributed by atoms with Gasteiger partial charge in [-0.25, -0.2) is 13.4 Å². The van der Waals surface area contributed by atoms with E-state index in [1.54, 1.807) is 43.3 Å². The summed E-state index contributed by atoms with van der Waals surface area (Å²) in [5.41, 5.74) is 0.932. The maximum atomic E-state index is 13.8. The smallest absolute Gasteiger partial charge is 0.260 e. The van der Waals surface area contributed by atoms with Crippen LogP contribution in [0.25, 0.3) is 10.2 Å². The van der Waals surface area contributed by atoms with Crippen LogP contribution in [0.1, 0.15) is 36.0 Å². The molecule has 0 bridgehead atoms. The molecule has 2 aliphatic heterocycles. The molecule has 0 spiro atoms. The van der Waals surface area contributed by atoms with Crippen LogP contribution in [0.3, 0.4) is 0 Å². The monoisotopic (exact) mass is 579 g/mol. The zero-order valence-electron chi connectivity index (χ0n) is 21.3. The highest BCUT2D eigenvalue weighted by Gasteiger charge is 2.30. The van der Waals surface area contributed by atoms with Crippen molar-refractivity contribution in [1.82, 2.24) is 9.29 Å². The van der Waals surface area contributed by atoms with E-state index < -0.39 is 10.0 Å². The van der Waals surface area contributed by atoms with Gasteiger partial charge in [-0.15, -0.1) is 0 Å². The van der Waals surface area contributed by atoms with Crippen molar-refractivity contribution in [3.63, 3.8) is 0 Å². The third kappa shape index (κ3) is 5.54. The van der Waals surface area contributed by atoms with E-state index in [1.807, 2.05) is 0 Å². The number of methoxy groups -OCH3 is 1. The zero-order valence-corrected chi connectivity index (χ0v) is 23.7. The number of sulfonamides is 1. The minimum absolute atomic E-state index is 0.0945. The molecule has 0 saturated carbocycles. The van der Waals surface area contributed by atoms with Gasteiger partial charge in [-0.3, -0.25) is 9.69 Å². The Bertz CT molecular complexity index is 1400. The van der Waals surface area contributed by atoms with Crippen LogP contribution in [0, 0.1) is 0 Å². The van der Waals surface area contributed by atoms with Gasteiger partial charge >= 0.3 is 0 Å². The lowest BCUT2D eigenvalue weighted by atomic mass is 10.2. The molecule has 0 aliphatic carbocycles. The topological polar surface area (TPSA) is 98.3 Å². The van der Waals surface area contributed by atoms with Crippen LogP contribution in [-0.2, 0) is 19.5 Å². The van der Waals surface area contributed by atoms with E-state index in [9.17, 15) is 13.2 Å². The Labute approximate surface area is 231 Å². The number of carbonyl (C=O) groups excluding carboxylic acids is 1. The number of amides is 1. The minimum Gasteiger partial charge on any atom is -0.494 e. The van der Waals surface area contributed by atoms with Crippen LogP contribution >= 0.6 is 22.9 Å². The van der Waals surface area contributed by atoms with Crippen LogP contribution in [0.4, 0.5) is 5.13 Å². The lowest BCUT2D eigenvalue weighted by molar-refractivity contribution is 0.0917. The van der Waals surface area contributed by atoms with Crippen LogP contribution < -0.4 is 9.64 Å². The number of ether oxygens (including phenoxy) is 3. The van der Waals surface area contributed by atoms with Gasteiger partial charge in [0, 0.05) is 32.4 Å². The zero-order chi connectivity index (χ0) is 26.9. The van der Waals surface area contributed by atoms with Gasteiger partial charge in [0.25, 0.3) is 5.91 Å².